The molecule has 1 aromatic carbocycles. The number of hydrogen-bond donors (Lipinski definition) is 2. The molecule has 1 rings (SSSR count). The van der Waals surface area contributed by atoms with Crippen LogP contribution in [-0.4, -0.2) is 38.0 Å². The second kappa shape index (κ2) is 7.36. The molecule has 1 aromatic rings. The topological polar surface area (TPSA) is 50.7 Å². The average molecular weight is 267 g/mol. The lowest BCUT2D eigenvalue weighted by molar-refractivity contribution is 0.0713. The molecule has 0 radical (unpaired) electrons. The molecule has 0 bridgehead atoms. The van der Waals surface area contributed by atoms with E-state index in [4.69, 9.17) is 9.47 Å². The SMILES string of the molecule is COc1ccc(CCNCCC(C)(C)O)cc1OC. The fourth-order valence-corrected chi connectivity index (χ4v) is 1.79. The molecule has 19 heavy (non-hydrogen) atoms. The molecule has 0 saturated carbocycles. The zero-order chi connectivity index (χ0) is 14.3. The van der Waals surface area contributed by atoms with Crippen molar-refractivity contribution in [3.63, 3.8) is 0 Å². The summed E-state index contributed by atoms with van der Waals surface area (Å²) in [7, 11) is 3.28. The second-order valence-corrected chi connectivity index (χ2v) is 5.25. The van der Waals surface area contributed by atoms with Crippen molar-refractivity contribution < 1.29 is 14.6 Å². The number of aliphatic hydroxyl groups is 1. The number of hydrogen-bond acceptors (Lipinski definition) is 4. The summed E-state index contributed by atoms with van der Waals surface area (Å²) < 4.78 is 10.5. The molecule has 0 saturated heterocycles. The van der Waals surface area contributed by atoms with Gasteiger partial charge in [-0.25, -0.2) is 0 Å². The molecule has 4 heteroatoms. The molecule has 4 nitrogen and oxygen atoms in total. The molecule has 2 N–H and O–H groups in total. The fourth-order valence-electron chi connectivity index (χ4n) is 1.79. The maximum atomic E-state index is 9.59. The minimum atomic E-state index is -0.601. The first-order chi connectivity index (χ1) is 8.96. The van der Waals surface area contributed by atoms with Crippen LogP contribution >= 0.6 is 0 Å². The van der Waals surface area contributed by atoms with E-state index in [1.54, 1.807) is 14.2 Å². The molecule has 108 valence electrons. The summed E-state index contributed by atoms with van der Waals surface area (Å²) in [5.41, 5.74) is 0.601. The molecule has 0 spiro atoms. The molecule has 0 aliphatic carbocycles. The van der Waals surface area contributed by atoms with Gasteiger partial charge in [-0.15, -0.1) is 0 Å². The van der Waals surface area contributed by atoms with Gasteiger partial charge in [-0.1, -0.05) is 6.07 Å². The lowest BCUT2D eigenvalue weighted by atomic mass is 10.1. The van der Waals surface area contributed by atoms with E-state index < -0.39 is 5.60 Å². The number of ether oxygens (including phenoxy) is 2. The van der Waals surface area contributed by atoms with Crippen LogP contribution in [0.3, 0.4) is 0 Å². The lowest BCUT2D eigenvalue weighted by Crippen LogP contribution is -2.27. The van der Waals surface area contributed by atoms with Crippen LogP contribution in [0.25, 0.3) is 0 Å². The van der Waals surface area contributed by atoms with Crippen molar-refractivity contribution in [1.82, 2.24) is 5.32 Å². The van der Waals surface area contributed by atoms with Crippen LogP contribution in [0.1, 0.15) is 25.8 Å². The molecule has 0 unspecified atom stereocenters. The number of rotatable bonds is 8. The highest BCUT2D eigenvalue weighted by Gasteiger charge is 2.10. The first kappa shape index (κ1) is 15.8. The Hall–Kier alpha value is -1.26. The summed E-state index contributed by atoms with van der Waals surface area (Å²) in [6, 6.07) is 5.96. The van der Waals surface area contributed by atoms with Crippen molar-refractivity contribution in [2.45, 2.75) is 32.3 Å². The van der Waals surface area contributed by atoms with E-state index in [1.807, 2.05) is 32.0 Å². The van der Waals surface area contributed by atoms with Crippen molar-refractivity contribution in [1.29, 1.82) is 0 Å². The zero-order valence-corrected chi connectivity index (χ0v) is 12.3. The molecule has 0 amide bonds. The predicted octanol–water partition coefficient (Wildman–Crippen LogP) is 2.00. The molecule has 0 atom stereocenters. The summed E-state index contributed by atoms with van der Waals surface area (Å²) >= 11 is 0. The van der Waals surface area contributed by atoms with Gasteiger partial charge in [0.05, 0.1) is 19.8 Å². The zero-order valence-electron chi connectivity index (χ0n) is 12.3. The van der Waals surface area contributed by atoms with Crippen molar-refractivity contribution in [3.05, 3.63) is 23.8 Å². The number of benzene rings is 1. The van der Waals surface area contributed by atoms with Crippen LogP contribution in [0.15, 0.2) is 18.2 Å². The van der Waals surface area contributed by atoms with Crippen LogP contribution in [0.4, 0.5) is 0 Å². The van der Waals surface area contributed by atoms with E-state index in [9.17, 15) is 5.11 Å². The second-order valence-electron chi connectivity index (χ2n) is 5.25. The van der Waals surface area contributed by atoms with Crippen molar-refractivity contribution in [2.24, 2.45) is 0 Å². The Morgan fingerprint density at radius 3 is 2.37 bits per heavy atom. The van der Waals surface area contributed by atoms with Gasteiger partial charge in [0, 0.05) is 0 Å². The van der Waals surface area contributed by atoms with Gasteiger partial charge in [0.15, 0.2) is 11.5 Å². The highest BCUT2D eigenvalue weighted by atomic mass is 16.5. The highest BCUT2D eigenvalue weighted by molar-refractivity contribution is 5.42. The Balaban J connectivity index is 2.37. The quantitative estimate of drug-likeness (QED) is 0.707. The van der Waals surface area contributed by atoms with Gasteiger partial charge in [0.1, 0.15) is 0 Å². The van der Waals surface area contributed by atoms with E-state index in [1.165, 1.54) is 5.56 Å². The van der Waals surface area contributed by atoms with Crippen LogP contribution < -0.4 is 14.8 Å². The van der Waals surface area contributed by atoms with Crippen molar-refractivity contribution in [2.75, 3.05) is 27.3 Å². The molecule has 0 aromatic heterocycles. The molecule has 0 heterocycles. The number of methoxy groups -OCH3 is 2. The Bertz CT molecular complexity index is 385. The molecule has 0 aliphatic heterocycles. The third kappa shape index (κ3) is 5.94. The average Bonchev–Trinajstić information content (AvgIpc) is 2.36. The minimum Gasteiger partial charge on any atom is -0.493 e. The summed E-state index contributed by atoms with van der Waals surface area (Å²) in [5.74, 6) is 1.51. The van der Waals surface area contributed by atoms with Gasteiger partial charge in [0.25, 0.3) is 0 Å². The summed E-state index contributed by atoms with van der Waals surface area (Å²) in [5, 5.41) is 12.9. The van der Waals surface area contributed by atoms with E-state index >= 15 is 0 Å². The maximum Gasteiger partial charge on any atom is 0.160 e. The Morgan fingerprint density at radius 2 is 1.79 bits per heavy atom. The van der Waals surface area contributed by atoms with Crippen molar-refractivity contribution >= 4 is 0 Å². The monoisotopic (exact) mass is 267 g/mol. The smallest absolute Gasteiger partial charge is 0.160 e. The van der Waals surface area contributed by atoms with Crippen LogP contribution in [0.2, 0.25) is 0 Å². The van der Waals surface area contributed by atoms with E-state index in [0.717, 1.165) is 37.4 Å². The van der Waals surface area contributed by atoms with E-state index in [0.29, 0.717) is 0 Å². The molecule has 0 fully saturated rings. The van der Waals surface area contributed by atoms with Crippen LogP contribution in [0.5, 0.6) is 11.5 Å². The summed E-state index contributed by atoms with van der Waals surface area (Å²) in [4.78, 5) is 0. The first-order valence-corrected chi connectivity index (χ1v) is 6.60. The Morgan fingerprint density at radius 1 is 1.11 bits per heavy atom. The third-order valence-corrected chi connectivity index (χ3v) is 2.95. The van der Waals surface area contributed by atoms with Crippen molar-refractivity contribution in [3.8, 4) is 11.5 Å². The van der Waals surface area contributed by atoms with Gasteiger partial charge in [-0.05, 0) is 57.5 Å². The van der Waals surface area contributed by atoms with Gasteiger partial charge in [-0.3, -0.25) is 0 Å². The molecular formula is C15H25NO3. The van der Waals surface area contributed by atoms with E-state index in [2.05, 4.69) is 5.32 Å². The summed E-state index contributed by atoms with van der Waals surface area (Å²) in [6.07, 6.45) is 1.67. The van der Waals surface area contributed by atoms with Gasteiger partial charge in [0.2, 0.25) is 0 Å². The minimum absolute atomic E-state index is 0.601. The Labute approximate surface area is 115 Å². The maximum absolute atomic E-state index is 9.59. The third-order valence-electron chi connectivity index (χ3n) is 2.95. The highest BCUT2D eigenvalue weighted by Crippen LogP contribution is 2.27. The fraction of sp³-hybridized carbons (Fsp3) is 0.600. The first-order valence-electron chi connectivity index (χ1n) is 6.60. The predicted molar refractivity (Wildman–Crippen MR) is 77.0 cm³/mol. The number of nitrogens with one attached hydrogen (secondary N) is 1. The van der Waals surface area contributed by atoms with Crippen LogP contribution in [-0.2, 0) is 6.42 Å². The normalized spacial score (nSPS) is 11.4. The lowest BCUT2D eigenvalue weighted by Gasteiger charge is -2.17. The van der Waals surface area contributed by atoms with Gasteiger partial charge >= 0.3 is 0 Å². The van der Waals surface area contributed by atoms with E-state index in [-0.39, 0.29) is 0 Å². The van der Waals surface area contributed by atoms with Gasteiger partial charge < -0.3 is 19.9 Å². The largest absolute Gasteiger partial charge is 0.493 e. The standard InChI is InChI=1S/C15H25NO3/c1-15(2,17)8-10-16-9-7-12-5-6-13(18-3)14(11-12)19-4/h5-6,11,16-17H,7-10H2,1-4H3. The molecule has 0 aliphatic rings. The van der Waals surface area contributed by atoms with Crippen LogP contribution in [0, 0.1) is 0 Å². The van der Waals surface area contributed by atoms with Gasteiger partial charge in [-0.2, -0.15) is 0 Å². The summed E-state index contributed by atoms with van der Waals surface area (Å²) in [6.45, 7) is 5.34. The Kier molecular flexibility index (Phi) is 6.12. The molecular weight excluding hydrogens is 242 g/mol.